The third-order valence-corrected chi connectivity index (χ3v) is 3.99. The number of rotatable bonds is 7. The molecule has 0 unspecified atom stereocenters. The van der Waals surface area contributed by atoms with E-state index in [0.29, 0.717) is 27.9 Å². The van der Waals surface area contributed by atoms with E-state index in [1.165, 1.54) is 20.5 Å². The van der Waals surface area contributed by atoms with Gasteiger partial charge in [-0.05, 0) is 30.3 Å². The van der Waals surface area contributed by atoms with Gasteiger partial charge in [-0.15, -0.1) is 0 Å². The lowest BCUT2D eigenvalue weighted by atomic mass is 10.2. The Morgan fingerprint density at radius 3 is 2.43 bits per heavy atom. The minimum Gasteiger partial charge on any atom is -0.497 e. The molecule has 0 radical (unpaired) electrons. The number of ether oxygens (including phenoxy) is 2. The molecular weight excluding hydrogens is 386 g/mol. The molecule has 0 bridgehead atoms. The van der Waals surface area contributed by atoms with Crippen molar-refractivity contribution in [2.75, 3.05) is 24.9 Å². The largest absolute Gasteiger partial charge is 0.497 e. The number of aromatic nitrogens is 2. The van der Waals surface area contributed by atoms with E-state index in [1.54, 1.807) is 42.5 Å². The Morgan fingerprint density at radius 2 is 1.79 bits per heavy atom. The van der Waals surface area contributed by atoms with Crippen LogP contribution in [0.2, 0.25) is 5.02 Å². The predicted molar refractivity (Wildman–Crippen MR) is 106 cm³/mol. The first-order valence-electron chi connectivity index (χ1n) is 8.03. The van der Waals surface area contributed by atoms with Gasteiger partial charge in [-0.3, -0.25) is 10.1 Å². The number of hydrogen-bond acceptors (Lipinski definition) is 8. The van der Waals surface area contributed by atoms with Crippen LogP contribution in [0, 0.1) is 10.1 Å². The van der Waals surface area contributed by atoms with Crippen molar-refractivity contribution in [2.45, 2.75) is 0 Å². The van der Waals surface area contributed by atoms with Crippen molar-refractivity contribution in [2.24, 2.45) is 0 Å². The summed E-state index contributed by atoms with van der Waals surface area (Å²) >= 11 is 5.97. The zero-order valence-electron chi connectivity index (χ0n) is 15.0. The Hall–Kier alpha value is -3.59. The van der Waals surface area contributed by atoms with Gasteiger partial charge in [0.25, 0.3) is 0 Å². The third kappa shape index (κ3) is 4.21. The zero-order valence-corrected chi connectivity index (χ0v) is 15.7. The summed E-state index contributed by atoms with van der Waals surface area (Å²) in [6, 6.07) is 11.8. The minimum absolute atomic E-state index is 0.00740. The number of halogens is 1. The number of anilines is 4. The van der Waals surface area contributed by atoms with Gasteiger partial charge in [0.2, 0.25) is 11.6 Å². The van der Waals surface area contributed by atoms with Crippen LogP contribution in [0.5, 0.6) is 11.5 Å². The topological polar surface area (TPSA) is 111 Å². The second-order valence-corrected chi connectivity index (χ2v) is 5.94. The van der Waals surface area contributed by atoms with Crippen LogP contribution in [-0.4, -0.2) is 29.1 Å². The van der Waals surface area contributed by atoms with Crippen LogP contribution in [-0.2, 0) is 0 Å². The summed E-state index contributed by atoms with van der Waals surface area (Å²) in [5.41, 5.74) is 0.724. The molecule has 3 aromatic rings. The van der Waals surface area contributed by atoms with E-state index in [9.17, 15) is 10.1 Å². The lowest BCUT2D eigenvalue weighted by Gasteiger charge is -2.13. The summed E-state index contributed by atoms with van der Waals surface area (Å²) in [5.74, 6) is 1.06. The van der Waals surface area contributed by atoms with E-state index in [-0.39, 0.29) is 17.3 Å². The van der Waals surface area contributed by atoms with Gasteiger partial charge in [0.15, 0.2) is 0 Å². The second kappa shape index (κ2) is 8.40. The van der Waals surface area contributed by atoms with Crippen LogP contribution in [0.3, 0.4) is 0 Å². The maximum Gasteiger partial charge on any atom is 0.353 e. The Bertz CT molecular complexity index is 1020. The molecule has 0 atom stereocenters. The summed E-state index contributed by atoms with van der Waals surface area (Å²) in [5, 5.41) is 18.0. The van der Waals surface area contributed by atoms with Crippen LogP contribution in [0.15, 0.2) is 48.8 Å². The smallest absolute Gasteiger partial charge is 0.353 e. The van der Waals surface area contributed by atoms with Gasteiger partial charge < -0.3 is 20.1 Å². The van der Waals surface area contributed by atoms with Crippen molar-refractivity contribution >= 4 is 40.3 Å². The van der Waals surface area contributed by atoms with E-state index in [4.69, 9.17) is 21.1 Å². The fourth-order valence-electron chi connectivity index (χ4n) is 2.47. The molecule has 0 aliphatic heterocycles. The molecule has 1 heterocycles. The predicted octanol–water partition coefficient (Wildman–Crippen LogP) is 4.54. The fourth-order valence-corrected chi connectivity index (χ4v) is 2.66. The summed E-state index contributed by atoms with van der Waals surface area (Å²) in [7, 11) is 3.02. The molecule has 0 saturated heterocycles. The highest BCUT2D eigenvalue weighted by Gasteiger charge is 2.24. The number of hydrogen-bond donors (Lipinski definition) is 2. The highest BCUT2D eigenvalue weighted by Crippen LogP contribution is 2.36. The van der Waals surface area contributed by atoms with E-state index in [0.717, 1.165) is 0 Å². The van der Waals surface area contributed by atoms with Gasteiger partial charge >= 0.3 is 5.69 Å². The molecule has 9 nitrogen and oxygen atoms in total. The summed E-state index contributed by atoms with van der Waals surface area (Å²) < 4.78 is 10.5. The Labute approximate surface area is 165 Å². The van der Waals surface area contributed by atoms with Gasteiger partial charge in [0.1, 0.15) is 17.8 Å². The fraction of sp³-hybridized carbons (Fsp3) is 0.111. The van der Waals surface area contributed by atoms with Crippen LogP contribution in [0.25, 0.3) is 0 Å². The van der Waals surface area contributed by atoms with Crippen molar-refractivity contribution in [3.05, 3.63) is 63.9 Å². The summed E-state index contributed by atoms with van der Waals surface area (Å²) in [6.45, 7) is 0. The van der Waals surface area contributed by atoms with E-state index >= 15 is 0 Å². The van der Waals surface area contributed by atoms with Gasteiger partial charge in [-0.2, -0.15) is 0 Å². The number of methoxy groups -OCH3 is 2. The molecule has 28 heavy (non-hydrogen) atoms. The van der Waals surface area contributed by atoms with Crippen molar-refractivity contribution in [1.29, 1.82) is 0 Å². The molecule has 2 N–H and O–H groups in total. The number of nitrogens with one attached hydrogen (secondary N) is 2. The highest BCUT2D eigenvalue weighted by molar-refractivity contribution is 6.30. The molecule has 0 amide bonds. The standard InChI is InChI=1S/C18H16ClN5O4/c1-27-13-6-7-14(15(9-13)28-2)23-18-16(24(25)26)17(20-10-21-18)22-12-5-3-4-11(19)8-12/h3-10H,1-2H3,(H2,20,21,22,23). The zero-order chi connectivity index (χ0) is 20.1. The highest BCUT2D eigenvalue weighted by atomic mass is 35.5. The maximum absolute atomic E-state index is 11.7. The van der Waals surface area contributed by atoms with Crippen molar-refractivity contribution in [1.82, 2.24) is 9.97 Å². The first-order valence-corrected chi connectivity index (χ1v) is 8.40. The maximum atomic E-state index is 11.7. The molecule has 0 saturated carbocycles. The first kappa shape index (κ1) is 19.2. The lowest BCUT2D eigenvalue weighted by Crippen LogP contribution is -2.06. The molecule has 144 valence electrons. The van der Waals surface area contributed by atoms with Gasteiger partial charge in [-0.1, -0.05) is 17.7 Å². The first-order chi connectivity index (χ1) is 13.5. The average Bonchev–Trinajstić information content (AvgIpc) is 2.68. The molecule has 0 aliphatic carbocycles. The second-order valence-electron chi connectivity index (χ2n) is 5.50. The van der Waals surface area contributed by atoms with Gasteiger partial charge in [0, 0.05) is 16.8 Å². The molecule has 2 aromatic carbocycles. The Kier molecular flexibility index (Phi) is 5.75. The van der Waals surface area contributed by atoms with Crippen LogP contribution in [0.4, 0.5) is 28.7 Å². The van der Waals surface area contributed by atoms with Crippen LogP contribution in [0.1, 0.15) is 0 Å². The quantitative estimate of drug-likeness (QED) is 0.438. The molecule has 10 heteroatoms. The van der Waals surface area contributed by atoms with Gasteiger partial charge in [-0.25, -0.2) is 9.97 Å². The summed E-state index contributed by atoms with van der Waals surface area (Å²) in [6.07, 6.45) is 1.22. The van der Waals surface area contributed by atoms with E-state index < -0.39 is 4.92 Å². The Balaban J connectivity index is 1.99. The normalized spacial score (nSPS) is 10.2. The third-order valence-electron chi connectivity index (χ3n) is 3.75. The number of nitro groups is 1. The molecule has 1 aromatic heterocycles. The van der Waals surface area contributed by atoms with Gasteiger partial charge in [0.05, 0.1) is 24.8 Å². The monoisotopic (exact) mass is 401 g/mol. The van der Waals surface area contributed by atoms with Crippen LogP contribution < -0.4 is 20.1 Å². The van der Waals surface area contributed by atoms with Crippen LogP contribution >= 0.6 is 11.6 Å². The van der Waals surface area contributed by atoms with Crippen molar-refractivity contribution < 1.29 is 14.4 Å². The summed E-state index contributed by atoms with van der Waals surface area (Å²) in [4.78, 5) is 19.2. The number of nitrogens with zero attached hydrogens (tertiary/aromatic N) is 3. The molecule has 0 spiro atoms. The molecule has 0 aliphatic rings. The minimum atomic E-state index is -0.564. The molecular formula is C18H16ClN5O4. The molecule has 3 rings (SSSR count). The molecule has 0 fully saturated rings. The van der Waals surface area contributed by atoms with E-state index in [2.05, 4.69) is 20.6 Å². The average molecular weight is 402 g/mol. The van der Waals surface area contributed by atoms with Crippen molar-refractivity contribution in [3.63, 3.8) is 0 Å². The number of benzene rings is 2. The van der Waals surface area contributed by atoms with E-state index in [1.807, 2.05) is 0 Å². The van der Waals surface area contributed by atoms with Crippen molar-refractivity contribution in [3.8, 4) is 11.5 Å². The lowest BCUT2D eigenvalue weighted by molar-refractivity contribution is -0.383. The SMILES string of the molecule is COc1ccc(Nc2ncnc(Nc3cccc(Cl)c3)c2[N+](=O)[O-])c(OC)c1. The Morgan fingerprint density at radius 1 is 1.04 bits per heavy atom.